The minimum atomic E-state index is -1.01. The number of carbonyl (C=O) groups is 1. The van der Waals surface area contributed by atoms with E-state index in [-0.39, 0.29) is 6.29 Å². The van der Waals surface area contributed by atoms with Gasteiger partial charge in [-0.2, -0.15) is 0 Å². The van der Waals surface area contributed by atoms with Gasteiger partial charge < -0.3 is 14.6 Å². The van der Waals surface area contributed by atoms with Crippen LogP contribution in [0.15, 0.2) is 12.3 Å². The Labute approximate surface area is 70.8 Å². The highest BCUT2D eigenvalue weighted by Crippen LogP contribution is 2.13. The predicted molar refractivity (Wildman–Crippen MR) is 41.5 cm³/mol. The molecular formula is C8H12O4. The maximum atomic E-state index is 10.0. The molecule has 1 rings (SSSR count). The lowest BCUT2D eigenvalue weighted by molar-refractivity contribution is -0.134. The van der Waals surface area contributed by atoms with Crippen molar-refractivity contribution in [1.29, 1.82) is 0 Å². The van der Waals surface area contributed by atoms with Crippen LogP contribution in [0.5, 0.6) is 0 Å². The van der Waals surface area contributed by atoms with Gasteiger partial charge in [-0.1, -0.05) is 0 Å². The first kappa shape index (κ1) is 9.06. The molecule has 1 aliphatic heterocycles. The van der Waals surface area contributed by atoms with Crippen LogP contribution in [-0.2, 0) is 14.3 Å². The molecule has 0 bridgehead atoms. The minimum absolute atomic E-state index is 0.255. The Morgan fingerprint density at radius 2 is 2.42 bits per heavy atom. The van der Waals surface area contributed by atoms with Crippen molar-refractivity contribution < 1.29 is 19.4 Å². The van der Waals surface area contributed by atoms with Gasteiger partial charge in [0.15, 0.2) is 6.29 Å². The van der Waals surface area contributed by atoms with Crippen molar-refractivity contribution >= 4 is 5.97 Å². The molecule has 1 aliphatic rings. The van der Waals surface area contributed by atoms with Crippen LogP contribution in [0.4, 0.5) is 0 Å². The van der Waals surface area contributed by atoms with Gasteiger partial charge in [0.25, 0.3) is 0 Å². The van der Waals surface area contributed by atoms with Gasteiger partial charge in [0, 0.05) is 6.42 Å². The van der Waals surface area contributed by atoms with E-state index in [0.717, 1.165) is 25.3 Å². The molecule has 0 aromatic carbocycles. The van der Waals surface area contributed by atoms with Crippen LogP contribution in [-0.4, -0.2) is 24.0 Å². The largest absolute Gasteiger partial charge is 0.478 e. The van der Waals surface area contributed by atoms with Gasteiger partial charge in [-0.15, -0.1) is 0 Å². The van der Waals surface area contributed by atoms with Gasteiger partial charge in [-0.25, -0.2) is 4.79 Å². The third-order valence-corrected chi connectivity index (χ3v) is 1.58. The number of hydrogen-bond donors (Lipinski definition) is 1. The van der Waals surface area contributed by atoms with Crippen LogP contribution < -0.4 is 0 Å². The zero-order valence-electron chi connectivity index (χ0n) is 6.73. The Kier molecular flexibility index (Phi) is 3.60. The highest BCUT2D eigenvalue weighted by Gasteiger charge is 2.12. The fourth-order valence-electron chi connectivity index (χ4n) is 1.00. The Balaban J connectivity index is 2.17. The highest BCUT2D eigenvalue weighted by molar-refractivity contribution is 5.79. The van der Waals surface area contributed by atoms with Crippen LogP contribution in [0, 0.1) is 0 Å². The second kappa shape index (κ2) is 4.77. The molecule has 4 nitrogen and oxygen atoms in total. The second-order valence-electron chi connectivity index (χ2n) is 2.57. The van der Waals surface area contributed by atoms with Gasteiger partial charge >= 0.3 is 5.97 Å². The summed E-state index contributed by atoms with van der Waals surface area (Å²) < 4.78 is 10.2. The fraction of sp³-hybridized carbons (Fsp3) is 0.625. The molecule has 4 heteroatoms. The summed E-state index contributed by atoms with van der Waals surface area (Å²) in [5.74, 6) is -1.01. The summed E-state index contributed by atoms with van der Waals surface area (Å²) in [5.41, 5.74) is 0. The van der Waals surface area contributed by atoms with E-state index in [0.29, 0.717) is 6.61 Å². The number of carboxylic acids is 1. The van der Waals surface area contributed by atoms with E-state index in [2.05, 4.69) is 0 Å². The Hall–Kier alpha value is -1.03. The molecule has 0 saturated carbocycles. The normalized spacial score (nSPS) is 24.2. The average Bonchev–Trinajstić information content (AvgIpc) is 2.05. The maximum Gasteiger partial charge on any atom is 0.331 e. The molecule has 0 spiro atoms. The second-order valence-corrected chi connectivity index (χ2v) is 2.57. The summed E-state index contributed by atoms with van der Waals surface area (Å²) in [5, 5.41) is 8.24. The Morgan fingerprint density at radius 3 is 3.00 bits per heavy atom. The smallest absolute Gasteiger partial charge is 0.331 e. The number of ether oxygens (including phenoxy) is 2. The van der Waals surface area contributed by atoms with Crippen molar-refractivity contribution in [3.63, 3.8) is 0 Å². The summed E-state index contributed by atoms with van der Waals surface area (Å²) >= 11 is 0. The SMILES string of the molecule is O=C(O)C=COC1CCCCO1. The summed E-state index contributed by atoms with van der Waals surface area (Å²) in [4.78, 5) is 10.0. The van der Waals surface area contributed by atoms with Crippen LogP contribution in [0.2, 0.25) is 0 Å². The van der Waals surface area contributed by atoms with Crippen molar-refractivity contribution in [3.05, 3.63) is 12.3 Å². The van der Waals surface area contributed by atoms with E-state index in [1.165, 1.54) is 6.26 Å². The van der Waals surface area contributed by atoms with E-state index >= 15 is 0 Å². The van der Waals surface area contributed by atoms with Crippen molar-refractivity contribution in [2.24, 2.45) is 0 Å². The third kappa shape index (κ3) is 3.39. The zero-order chi connectivity index (χ0) is 8.81. The number of carboxylic acid groups (broad SMARTS) is 1. The van der Waals surface area contributed by atoms with Gasteiger partial charge in [0.1, 0.15) is 0 Å². The standard InChI is InChI=1S/C8H12O4/c9-7(10)4-6-12-8-3-1-2-5-11-8/h4,6,8H,1-3,5H2,(H,9,10). The summed E-state index contributed by atoms with van der Waals surface area (Å²) in [6.45, 7) is 0.700. The van der Waals surface area contributed by atoms with Crippen molar-refractivity contribution in [2.75, 3.05) is 6.61 Å². The highest BCUT2D eigenvalue weighted by atomic mass is 16.7. The molecule has 0 radical (unpaired) electrons. The number of aliphatic carboxylic acids is 1. The molecule has 0 aliphatic carbocycles. The Morgan fingerprint density at radius 1 is 1.58 bits per heavy atom. The molecule has 0 amide bonds. The maximum absolute atomic E-state index is 10.0. The fourth-order valence-corrected chi connectivity index (χ4v) is 1.00. The first-order valence-electron chi connectivity index (χ1n) is 3.95. The lowest BCUT2D eigenvalue weighted by atomic mass is 10.2. The molecule has 1 fully saturated rings. The van der Waals surface area contributed by atoms with Crippen LogP contribution >= 0.6 is 0 Å². The van der Waals surface area contributed by atoms with E-state index in [1.54, 1.807) is 0 Å². The summed E-state index contributed by atoms with van der Waals surface area (Å²) in [6.07, 6.45) is 4.84. The third-order valence-electron chi connectivity index (χ3n) is 1.58. The lowest BCUT2D eigenvalue weighted by Crippen LogP contribution is -2.20. The predicted octanol–water partition coefficient (Wildman–Crippen LogP) is 1.13. The van der Waals surface area contributed by atoms with E-state index in [4.69, 9.17) is 14.6 Å². The van der Waals surface area contributed by atoms with Crippen LogP contribution in [0.25, 0.3) is 0 Å². The van der Waals surface area contributed by atoms with E-state index < -0.39 is 5.97 Å². The molecule has 12 heavy (non-hydrogen) atoms. The summed E-state index contributed by atoms with van der Waals surface area (Å²) in [6, 6.07) is 0. The molecule has 1 heterocycles. The van der Waals surface area contributed by atoms with Crippen molar-refractivity contribution in [3.8, 4) is 0 Å². The molecule has 1 atom stereocenters. The average molecular weight is 172 g/mol. The van der Waals surface area contributed by atoms with E-state index in [9.17, 15) is 4.79 Å². The van der Waals surface area contributed by atoms with Crippen molar-refractivity contribution in [2.45, 2.75) is 25.6 Å². The molecule has 68 valence electrons. The van der Waals surface area contributed by atoms with Gasteiger partial charge in [-0.3, -0.25) is 0 Å². The summed E-state index contributed by atoms with van der Waals surface area (Å²) in [7, 11) is 0. The minimum Gasteiger partial charge on any atom is -0.478 e. The van der Waals surface area contributed by atoms with Crippen LogP contribution in [0.3, 0.4) is 0 Å². The van der Waals surface area contributed by atoms with Gasteiger partial charge in [0.2, 0.25) is 0 Å². The van der Waals surface area contributed by atoms with Gasteiger partial charge in [-0.05, 0) is 12.8 Å². The molecule has 1 unspecified atom stereocenters. The van der Waals surface area contributed by atoms with Crippen molar-refractivity contribution in [1.82, 2.24) is 0 Å². The number of hydrogen-bond acceptors (Lipinski definition) is 3. The molecule has 1 saturated heterocycles. The topological polar surface area (TPSA) is 55.8 Å². The van der Waals surface area contributed by atoms with Gasteiger partial charge in [0.05, 0.1) is 18.9 Å². The first-order chi connectivity index (χ1) is 5.79. The molecular weight excluding hydrogens is 160 g/mol. The quantitative estimate of drug-likeness (QED) is 0.512. The molecule has 0 aromatic heterocycles. The van der Waals surface area contributed by atoms with Crippen LogP contribution in [0.1, 0.15) is 19.3 Å². The number of rotatable bonds is 3. The molecule has 0 aromatic rings. The Bertz CT molecular complexity index is 170. The monoisotopic (exact) mass is 172 g/mol. The zero-order valence-corrected chi connectivity index (χ0v) is 6.73. The first-order valence-corrected chi connectivity index (χ1v) is 3.95. The lowest BCUT2D eigenvalue weighted by Gasteiger charge is -2.21. The molecule has 1 N–H and O–H groups in total. The van der Waals surface area contributed by atoms with E-state index in [1.807, 2.05) is 0 Å².